The molecule has 1 aromatic heterocycles. The van der Waals surface area contributed by atoms with Crippen molar-refractivity contribution in [2.45, 2.75) is 77.7 Å². The van der Waals surface area contributed by atoms with Crippen LogP contribution in [0.5, 0.6) is 0 Å². The Morgan fingerprint density at radius 3 is 2.48 bits per heavy atom. The van der Waals surface area contributed by atoms with Crippen LogP contribution in [0.2, 0.25) is 0 Å². The van der Waals surface area contributed by atoms with Crippen LogP contribution in [0.25, 0.3) is 0 Å². The average molecular weight is 294 g/mol. The zero-order valence-electron chi connectivity index (χ0n) is 13.5. The second-order valence-corrected chi connectivity index (χ2v) is 7.27. The van der Waals surface area contributed by atoms with E-state index in [2.05, 4.69) is 22.4 Å². The Bertz CT molecular complexity index is 498. The molecule has 1 aliphatic rings. The van der Waals surface area contributed by atoms with Crippen molar-refractivity contribution in [3.05, 3.63) is 5.82 Å². The maximum Gasteiger partial charge on any atom is 0.305 e. The fourth-order valence-corrected chi connectivity index (χ4v) is 3.46. The van der Waals surface area contributed by atoms with Crippen molar-refractivity contribution in [1.82, 2.24) is 20.2 Å². The van der Waals surface area contributed by atoms with Crippen LogP contribution in [0.4, 0.5) is 0 Å². The highest BCUT2D eigenvalue weighted by Gasteiger charge is 2.42. The molecule has 0 saturated heterocycles. The molecular weight excluding hydrogens is 268 g/mol. The van der Waals surface area contributed by atoms with E-state index in [9.17, 15) is 9.90 Å². The number of carboxylic acid groups (broad SMARTS) is 1. The number of hydrogen-bond donors (Lipinski definition) is 1. The normalized spacial score (nSPS) is 19.6. The minimum absolute atomic E-state index is 0.0193. The first-order chi connectivity index (χ1) is 9.80. The molecule has 1 unspecified atom stereocenters. The van der Waals surface area contributed by atoms with E-state index in [4.69, 9.17) is 0 Å². The molecule has 6 nitrogen and oxygen atoms in total. The molecule has 1 heterocycles. The summed E-state index contributed by atoms with van der Waals surface area (Å²) in [5.74, 6) is 0.0667. The van der Waals surface area contributed by atoms with Gasteiger partial charge in [-0.25, -0.2) is 4.68 Å². The number of carboxylic acids is 1. The molecule has 1 saturated carbocycles. The lowest BCUT2D eigenvalue weighted by Crippen LogP contribution is -2.34. The summed E-state index contributed by atoms with van der Waals surface area (Å²) in [4.78, 5) is 11.3. The highest BCUT2D eigenvalue weighted by atomic mass is 16.4. The Morgan fingerprint density at radius 2 is 2.00 bits per heavy atom. The van der Waals surface area contributed by atoms with Crippen molar-refractivity contribution in [3.8, 4) is 0 Å². The number of tetrazole rings is 1. The van der Waals surface area contributed by atoms with E-state index in [0.717, 1.165) is 25.1 Å². The molecule has 0 radical (unpaired) electrons. The molecule has 118 valence electrons. The minimum atomic E-state index is -0.812. The SMILES string of the molecule is CCC1(c2nnnn2C(CC(=O)O)C(C)(C)C)CCCC1. The van der Waals surface area contributed by atoms with Gasteiger partial charge in [0.05, 0.1) is 12.5 Å². The van der Waals surface area contributed by atoms with E-state index in [1.54, 1.807) is 4.68 Å². The molecule has 21 heavy (non-hydrogen) atoms. The van der Waals surface area contributed by atoms with Crippen molar-refractivity contribution >= 4 is 5.97 Å². The quantitative estimate of drug-likeness (QED) is 0.903. The summed E-state index contributed by atoms with van der Waals surface area (Å²) in [7, 11) is 0. The van der Waals surface area contributed by atoms with Gasteiger partial charge in [-0.3, -0.25) is 4.79 Å². The summed E-state index contributed by atoms with van der Waals surface area (Å²) in [6.45, 7) is 8.30. The van der Waals surface area contributed by atoms with E-state index in [1.807, 2.05) is 20.8 Å². The number of aromatic nitrogens is 4. The maximum atomic E-state index is 11.3. The Kier molecular flexibility index (Phi) is 4.35. The van der Waals surface area contributed by atoms with E-state index in [0.29, 0.717) is 0 Å². The molecule has 0 amide bonds. The van der Waals surface area contributed by atoms with Gasteiger partial charge in [-0.15, -0.1) is 5.10 Å². The maximum absolute atomic E-state index is 11.3. The lowest BCUT2D eigenvalue weighted by molar-refractivity contribution is -0.139. The van der Waals surface area contributed by atoms with Crippen molar-refractivity contribution < 1.29 is 9.90 Å². The molecule has 6 heteroatoms. The largest absolute Gasteiger partial charge is 0.481 e. The van der Waals surface area contributed by atoms with Gasteiger partial charge in [0.15, 0.2) is 5.82 Å². The average Bonchev–Trinajstić information content (AvgIpc) is 3.03. The summed E-state index contributed by atoms with van der Waals surface area (Å²) >= 11 is 0. The van der Waals surface area contributed by atoms with Gasteiger partial charge in [-0.2, -0.15) is 0 Å². The molecule has 1 fully saturated rings. The summed E-state index contributed by atoms with van der Waals surface area (Å²) in [5, 5.41) is 21.6. The highest BCUT2D eigenvalue weighted by Crippen LogP contribution is 2.44. The van der Waals surface area contributed by atoms with E-state index in [1.165, 1.54) is 12.8 Å². The van der Waals surface area contributed by atoms with Crippen molar-refractivity contribution in [2.75, 3.05) is 0 Å². The Labute approximate surface area is 125 Å². The Balaban J connectivity index is 2.43. The minimum Gasteiger partial charge on any atom is -0.481 e. The smallest absolute Gasteiger partial charge is 0.305 e. The van der Waals surface area contributed by atoms with Crippen molar-refractivity contribution in [3.63, 3.8) is 0 Å². The molecular formula is C15H26N4O2. The third-order valence-corrected chi connectivity index (χ3v) is 4.87. The molecule has 0 bridgehead atoms. The van der Waals surface area contributed by atoms with Gasteiger partial charge in [0.1, 0.15) is 0 Å². The van der Waals surface area contributed by atoms with Crippen LogP contribution in [-0.2, 0) is 10.2 Å². The van der Waals surface area contributed by atoms with Crippen LogP contribution in [0, 0.1) is 5.41 Å². The first-order valence-corrected chi connectivity index (χ1v) is 7.80. The summed E-state index contributed by atoms with van der Waals surface area (Å²) in [5.41, 5.74) is -0.193. The Hall–Kier alpha value is -1.46. The molecule has 0 aromatic carbocycles. The molecule has 0 spiro atoms. The highest BCUT2D eigenvalue weighted by molar-refractivity contribution is 5.67. The number of nitrogens with zero attached hydrogens (tertiary/aromatic N) is 4. The number of aliphatic carboxylic acids is 1. The zero-order chi connectivity index (χ0) is 15.7. The zero-order valence-corrected chi connectivity index (χ0v) is 13.5. The Morgan fingerprint density at radius 1 is 1.38 bits per heavy atom. The van der Waals surface area contributed by atoms with E-state index >= 15 is 0 Å². The van der Waals surface area contributed by atoms with Crippen LogP contribution in [0.1, 0.15) is 78.1 Å². The molecule has 2 rings (SSSR count). The topological polar surface area (TPSA) is 80.9 Å². The lowest BCUT2D eigenvalue weighted by atomic mass is 9.80. The summed E-state index contributed by atoms with van der Waals surface area (Å²) in [6.07, 6.45) is 5.61. The third-order valence-electron chi connectivity index (χ3n) is 4.87. The summed E-state index contributed by atoms with van der Waals surface area (Å²) in [6, 6.07) is -0.232. The summed E-state index contributed by atoms with van der Waals surface area (Å²) < 4.78 is 1.79. The van der Waals surface area contributed by atoms with Crippen LogP contribution < -0.4 is 0 Å². The molecule has 1 aliphatic carbocycles. The second kappa shape index (κ2) is 5.73. The van der Waals surface area contributed by atoms with Gasteiger partial charge in [0, 0.05) is 5.41 Å². The van der Waals surface area contributed by atoms with Crippen molar-refractivity contribution in [2.24, 2.45) is 5.41 Å². The van der Waals surface area contributed by atoms with Crippen LogP contribution in [0.3, 0.4) is 0 Å². The van der Waals surface area contributed by atoms with Gasteiger partial charge >= 0.3 is 5.97 Å². The number of rotatable bonds is 5. The second-order valence-electron chi connectivity index (χ2n) is 7.27. The van der Waals surface area contributed by atoms with Crippen molar-refractivity contribution in [1.29, 1.82) is 0 Å². The van der Waals surface area contributed by atoms with E-state index in [-0.39, 0.29) is 23.3 Å². The van der Waals surface area contributed by atoms with Gasteiger partial charge in [0.25, 0.3) is 0 Å². The number of hydrogen-bond acceptors (Lipinski definition) is 4. The molecule has 0 aliphatic heterocycles. The predicted molar refractivity (Wildman–Crippen MR) is 79.0 cm³/mol. The molecule has 1 N–H and O–H groups in total. The van der Waals surface area contributed by atoms with E-state index < -0.39 is 5.97 Å². The lowest BCUT2D eigenvalue weighted by Gasteiger charge is -2.34. The van der Waals surface area contributed by atoms with Crippen LogP contribution in [-0.4, -0.2) is 31.3 Å². The standard InChI is InChI=1S/C15H26N4O2/c1-5-15(8-6-7-9-15)13-16-17-18-19(13)11(10-12(20)21)14(2,3)4/h11H,5-10H2,1-4H3,(H,20,21). The predicted octanol–water partition coefficient (Wildman–Crippen LogP) is 2.96. The van der Waals surface area contributed by atoms with Gasteiger partial charge in [-0.05, 0) is 35.1 Å². The van der Waals surface area contributed by atoms with Gasteiger partial charge in [-0.1, -0.05) is 40.5 Å². The first-order valence-electron chi connectivity index (χ1n) is 7.80. The monoisotopic (exact) mass is 294 g/mol. The first kappa shape index (κ1) is 15.9. The molecule has 1 aromatic rings. The third kappa shape index (κ3) is 3.09. The number of carbonyl (C=O) groups is 1. The van der Waals surface area contributed by atoms with Crippen LogP contribution >= 0.6 is 0 Å². The molecule has 1 atom stereocenters. The van der Waals surface area contributed by atoms with Gasteiger partial charge < -0.3 is 5.11 Å². The van der Waals surface area contributed by atoms with Crippen LogP contribution in [0.15, 0.2) is 0 Å². The fourth-order valence-electron chi connectivity index (χ4n) is 3.46. The fraction of sp³-hybridized carbons (Fsp3) is 0.867. The van der Waals surface area contributed by atoms with Gasteiger partial charge in [0.2, 0.25) is 0 Å².